The summed E-state index contributed by atoms with van der Waals surface area (Å²) in [6.45, 7) is 3.28. The highest BCUT2D eigenvalue weighted by atomic mass is 79.9. The first kappa shape index (κ1) is 15.9. The van der Waals surface area contributed by atoms with Gasteiger partial charge in [-0.05, 0) is 41.4 Å². The van der Waals surface area contributed by atoms with E-state index in [4.69, 9.17) is 13.9 Å². The summed E-state index contributed by atoms with van der Waals surface area (Å²) in [6.07, 6.45) is 2.45. The van der Waals surface area contributed by atoms with Crippen LogP contribution in [0.2, 0.25) is 0 Å². The van der Waals surface area contributed by atoms with E-state index < -0.39 is 0 Å². The molecule has 0 aliphatic carbocycles. The fourth-order valence-electron chi connectivity index (χ4n) is 2.34. The summed E-state index contributed by atoms with van der Waals surface area (Å²) >= 11 is 3.51. The van der Waals surface area contributed by atoms with E-state index in [1.54, 1.807) is 13.4 Å². The third kappa shape index (κ3) is 3.06. The minimum absolute atomic E-state index is 0.363. The first-order valence-corrected chi connectivity index (χ1v) is 7.40. The summed E-state index contributed by atoms with van der Waals surface area (Å²) in [4.78, 5) is 12.0. The van der Waals surface area contributed by atoms with Crippen molar-refractivity contribution in [3.63, 3.8) is 0 Å². The van der Waals surface area contributed by atoms with Gasteiger partial charge in [0.1, 0.15) is 0 Å². The maximum absolute atomic E-state index is 12.0. The van der Waals surface area contributed by atoms with Crippen LogP contribution in [0.4, 0.5) is 0 Å². The van der Waals surface area contributed by atoms with Gasteiger partial charge in [-0.25, -0.2) is 4.79 Å². The Morgan fingerprint density at radius 3 is 2.76 bits per heavy atom. The molecule has 0 N–H and O–H groups in total. The zero-order valence-corrected chi connectivity index (χ0v) is 13.9. The monoisotopic (exact) mass is 355 g/mol. The second-order valence-electron chi connectivity index (χ2n) is 4.59. The molecule has 0 aromatic carbocycles. The predicted molar refractivity (Wildman–Crippen MR) is 82.4 cm³/mol. The molecule has 0 aliphatic rings. The summed E-state index contributed by atoms with van der Waals surface area (Å²) in [5.74, 6) is 0.343. The minimum Gasteiger partial charge on any atom is -0.465 e. The van der Waals surface area contributed by atoms with Gasteiger partial charge in [-0.2, -0.15) is 0 Å². The molecule has 0 aliphatic heterocycles. The van der Waals surface area contributed by atoms with Gasteiger partial charge in [0, 0.05) is 26.0 Å². The van der Waals surface area contributed by atoms with Gasteiger partial charge >= 0.3 is 5.97 Å². The lowest BCUT2D eigenvalue weighted by atomic mass is 10.2. The Morgan fingerprint density at radius 2 is 2.19 bits per heavy atom. The average molecular weight is 356 g/mol. The Hall–Kier alpha value is -1.53. The summed E-state index contributed by atoms with van der Waals surface area (Å²) in [6, 6.07) is 3.69. The lowest BCUT2D eigenvalue weighted by molar-refractivity contribution is 0.0599. The summed E-state index contributed by atoms with van der Waals surface area (Å²) in [7, 11) is 3.05. The van der Waals surface area contributed by atoms with Crippen LogP contribution in [0.3, 0.4) is 0 Å². The summed E-state index contributed by atoms with van der Waals surface area (Å²) < 4.78 is 18.2. The normalized spacial score (nSPS) is 10.9. The standard InChI is InChI=1S/C15H18BrNO4/c1-10-12(15(18)20-3)13(16)14(11-6-4-9-21-11)17(10)7-5-8-19-2/h4,6,9H,5,7-8H2,1-3H3. The van der Waals surface area contributed by atoms with Gasteiger partial charge in [0.2, 0.25) is 0 Å². The minimum atomic E-state index is -0.363. The van der Waals surface area contributed by atoms with Crippen molar-refractivity contribution in [3.8, 4) is 11.5 Å². The Morgan fingerprint density at radius 1 is 1.43 bits per heavy atom. The third-order valence-electron chi connectivity index (χ3n) is 3.34. The number of carbonyl (C=O) groups excluding carboxylic acids is 1. The number of carbonyl (C=O) groups is 1. The average Bonchev–Trinajstić information content (AvgIpc) is 3.06. The number of hydrogen-bond donors (Lipinski definition) is 0. The lowest BCUT2D eigenvalue weighted by Crippen LogP contribution is -2.07. The molecular weight excluding hydrogens is 338 g/mol. The molecule has 2 rings (SSSR count). The highest BCUT2D eigenvalue weighted by Gasteiger charge is 2.26. The second-order valence-corrected chi connectivity index (χ2v) is 5.38. The Labute approximate surface area is 132 Å². The van der Waals surface area contributed by atoms with Gasteiger partial charge < -0.3 is 18.5 Å². The van der Waals surface area contributed by atoms with E-state index in [2.05, 4.69) is 15.9 Å². The van der Waals surface area contributed by atoms with Crippen LogP contribution in [0.1, 0.15) is 22.5 Å². The maximum Gasteiger partial charge on any atom is 0.340 e. The van der Waals surface area contributed by atoms with E-state index >= 15 is 0 Å². The molecule has 2 heterocycles. The van der Waals surface area contributed by atoms with E-state index in [1.165, 1.54) is 7.11 Å². The Kier molecular flexibility index (Phi) is 5.25. The number of furan rings is 1. The van der Waals surface area contributed by atoms with Gasteiger partial charge in [-0.1, -0.05) is 0 Å². The maximum atomic E-state index is 12.0. The first-order chi connectivity index (χ1) is 10.1. The first-order valence-electron chi connectivity index (χ1n) is 6.61. The molecule has 114 valence electrons. The van der Waals surface area contributed by atoms with Crippen molar-refractivity contribution in [2.45, 2.75) is 19.9 Å². The smallest absolute Gasteiger partial charge is 0.340 e. The Balaban J connectivity index is 2.52. The second kappa shape index (κ2) is 6.95. The largest absolute Gasteiger partial charge is 0.465 e. The predicted octanol–water partition coefficient (Wildman–Crippen LogP) is 3.64. The molecule has 0 bridgehead atoms. The van der Waals surface area contributed by atoms with E-state index in [9.17, 15) is 4.79 Å². The number of hydrogen-bond acceptors (Lipinski definition) is 4. The molecule has 21 heavy (non-hydrogen) atoms. The van der Waals surface area contributed by atoms with Crippen molar-refractivity contribution in [1.29, 1.82) is 0 Å². The molecule has 0 atom stereocenters. The quantitative estimate of drug-likeness (QED) is 0.586. The van der Waals surface area contributed by atoms with Crippen LogP contribution in [0, 0.1) is 6.92 Å². The fraction of sp³-hybridized carbons (Fsp3) is 0.400. The van der Waals surface area contributed by atoms with Crippen molar-refractivity contribution in [2.24, 2.45) is 0 Å². The van der Waals surface area contributed by atoms with Gasteiger partial charge in [0.25, 0.3) is 0 Å². The van der Waals surface area contributed by atoms with Gasteiger partial charge in [-0.3, -0.25) is 0 Å². The van der Waals surface area contributed by atoms with Crippen LogP contribution in [0.25, 0.3) is 11.5 Å². The lowest BCUT2D eigenvalue weighted by Gasteiger charge is -2.10. The van der Waals surface area contributed by atoms with Crippen LogP contribution >= 0.6 is 15.9 Å². The number of aromatic nitrogens is 1. The number of nitrogens with zero attached hydrogens (tertiary/aromatic N) is 1. The number of methoxy groups -OCH3 is 2. The van der Waals surface area contributed by atoms with E-state index in [0.717, 1.165) is 24.4 Å². The van der Waals surface area contributed by atoms with Crippen LogP contribution < -0.4 is 0 Å². The zero-order chi connectivity index (χ0) is 15.4. The van der Waals surface area contributed by atoms with E-state index in [0.29, 0.717) is 22.4 Å². The number of esters is 1. The van der Waals surface area contributed by atoms with Crippen LogP contribution in [0.5, 0.6) is 0 Å². The highest BCUT2D eigenvalue weighted by molar-refractivity contribution is 9.10. The molecule has 6 heteroatoms. The van der Waals surface area contributed by atoms with E-state index in [1.807, 2.05) is 23.6 Å². The topological polar surface area (TPSA) is 53.6 Å². The summed E-state index contributed by atoms with van der Waals surface area (Å²) in [5.41, 5.74) is 2.21. The van der Waals surface area contributed by atoms with Crippen molar-refractivity contribution in [3.05, 3.63) is 34.1 Å². The number of ether oxygens (including phenoxy) is 2. The molecule has 0 radical (unpaired) electrons. The van der Waals surface area contributed by atoms with Gasteiger partial charge in [-0.15, -0.1) is 0 Å². The van der Waals surface area contributed by atoms with Crippen molar-refractivity contribution in [2.75, 3.05) is 20.8 Å². The summed E-state index contributed by atoms with van der Waals surface area (Å²) in [5, 5.41) is 0. The molecule has 0 fully saturated rings. The van der Waals surface area contributed by atoms with Gasteiger partial charge in [0.15, 0.2) is 5.76 Å². The molecule has 0 spiro atoms. The van der Waals surface area contributed by atoms with Crippen molar-refractivity contribution in [1.82, 2.24) is 4.57 Å². The fourth-order valence-corrected chi connectivity index (χ4v) is 3.20. The molecule has 0 saturated heterocycles. The molecular formula is C15H18BrNO4. The van der Waals surface area contributed by atoms with E-state index in [-0.39, 0.29) is 5.97 Å². The SMILES string of the molecule is COCCCn1c(C)c(C(=O)OC)c(Br)c1-c1ccco1. The zero-order valence-electron chi connectivity index (χ0n) is 12.3. The molecule has 0 saturated carbocycles. The highest BCUT2D eigenvalue weighted by Crippen LogP contribution is 2.36. The van der Waals surface area contributed by atoms with Crippen LogP contribution in [-0.2, 0) is 16.0 Å². The van der Waals surface area contributed by atoms with Crippen LogP contribution in [-0.4, -0.2) is 31.4 Å². The molecule has 0 unspecified atom stereocenters. The van der Waals surface area contributed by atoms with Crippen molar-refractivity contribution >= 4 is 21.9 Å². The van der Waals surface area contributed by atoms with Crippen LogP contribution in [0.15, 0.2) is 27.3 Å². The van der Waals surface area contributed by atoms with Gasteiger partial charge in [0.05, 0.1) is 29.1 Å². The molecule has 5 nitrogen and oxygen atoms in total. The molecule has 0 amide bonds. The Bertz CT molecular complexity index is 616. The number of halogens is 1. The number of rotatable bonds is 6. The molecule has 2 aromatic rings. The molecule has 2 aromatic heterocycles. The third-order valence-corrected chi connectivity index (χ3v) is 4.11. The van der Waals surface area contributed by atoms with Crippen molar-refractivity contribution < 1.29 is 18.7 Å².